The highest BCUT2D eigenvalue weighted by Gasteiger charge is 2.35. The maximum absolute atomic E-state index is 12.3. The second-order valence-electron chi connectivity index (χ2n) is 7.05. The SMILES string of the molecule is Cc1cccc(O[C@@H](C)C(=O)NNC(=O)CCN2C(=O)c3ccccc3C2=O)c1C. The quantitative estimate of drug-likeness (QED) is 0.560. The molecule has 0 saturated carbocycles. The van der Waals surface area contributed by atoms with E-state index in [9.17, 15) is 19.2 Å². The van der Waals surface area contributed by atoms with Crippen LogP contribution in [0, 0.1) is 13.8 Å². The Bertz CT molecular complexity index is 983. The van der Waals surface area contributed by atoms with E-state index in [1.807, 2.05) is 26.0 Å². The summed E-state index contributed by atoms with van der Waals surface area (Å²) in [5, 5.41) is 0. The van der Waals surface area contributed by atoms with Gasteiger partial charge in [0.25, 0.3) is 17.7 Å². The van der Waals surface area contributed by atoms with Gasteiger partial charge in [0.2, 0.25) is 5.91 Å². The number of ether oxygens (including phenoxy) is 1. The summed E-state index contributed by atoms with van der Waals surface area (Å²) in [6.45, 7) is 5.34. The first-order valence-electron chi connectivity index (χ1n) is 9.56. The van der Waals surface area contributed by atoms with Crippen molar-refractivity contribution in [1.29, 1.82) is 0 Å². The van der Waals surface area contributed by atoms with Gasteiger partial charge in [-0.3, -0.25) is 34.9 Å². The summed E-state index contributed by atoms with van der Waals surface area (Å²) in [4.78, 5) is 49.8. The zero-order valence-electron chi connectivity index (χ0n) is 17.0. The number of amides is 4. The minimum Gasteiger partial charge on any atom is -0.481 e. The number of hydrogen-bond acceptors (Lipinski definition) is 5. The second-order valence-corrected chi connectivity index (χ2v) is 7.05. The summed E-state index contributed by atoms with van der Waals surface area (Å²) in [6, 6.07) is 12.1. The molecule has 1 atom stereocenters. The third kappa shape index (κ3) is 4.32. The minimum atomic E-state index is -0.831. The van der Waals surface area contributed by atoms with Crippen LogP contribution in [-0.4, -0.2) is 41.2 Å². The van der Waals surface area contributed by atoms with Crippen molar-refractivity contribution in [1.82, 2.24) is 15.8 Å². The number of aryl methyl sites for hydroxylation is 1. The molecule has 156 valence electrons. The van der Waals surface area contributed by atoms with Crippen LogP contribution in [0.1, 0.15) is 45.2 Å². The highest BCUT2D eigenvalue weighted by Crippen LogP contribution is 2.23. The van der Waals surface area contributed by atoms with Gasteiger partial charge in [-0.2, -0.15) is 0 Å². The lowest BCUT2D eigenvalue weighted by Crippen LogP contribution is -2.48. The predicted molar refractivity (Wildman–Crippen MR) is 109 cm³/mol. The Morgan fingerprint density at radius 1 is 0.967 bits per heavy atom. The van der Waals surface area contributed by atoms with Crippen LogP contribution in [0.3, 0.4) is 0 Å². The van der Waals surface area contributed by atoms with Gasteiger partial charge in [-0.15, -0.1) is 0 Å². The average Bonchev–Trinajstić information content (AvgIpc) is 2.98. The smallest absolute Gasteiger partial charge is 0.279 e. The summed E-state index contributed by atoms with van der Waals surface area (Å²) in [6.07, 6.45) is -0.972. The first-order valence-corrected chi connectivity index (χ1v) is 9.56. The zero-order chi connectivity index (χ0) is 21.8. The zero-order valence-corrected chi connectivity index (χ0v) is 17.0. The topological polar surface area (TPSA) is 105 Å². The molecule has 0 spiro atoms. The fourth-order valence-corrected chi connectivity index (χ4v) is 3.05. The normalized spacial score (nSPS) is 13.6. The molecule has 0 fully saturated rings. The van der Waals surface area contributed by atoms with E-state index in [1.165, 1.54) is 0 Å². The maximum atomic E-state index is 12.3. The lowest BCUT2D eigenvalue weighted by atomic mass is 10.1. The van der Waals surface area contributed by atoms with Crippen molar-refractivity contribution < 1.29 is 23.9 Å². The van der Waals surface area contributed by atoms with E-state index in [0.29, 0.717) is 16.9 Å². The first kappa shape index (κ1) is 21.0. The summed E-state index contributed by atoms with van der Waals surface area (Å²) >= 11 is 0. The molecule has 1 heterocycles. The number of carbonyl (C=O) groups excluding carboxylic acids is 4. The molecule has 4 amide bonds. The van der Waals surface area contributed by atoms with Crippen molar-refractivity contribution in [3.8, 4) is 5.75 Å². The number of fused-ring (bicyclic) bond motifs is 1. The van der Waals surface area contributed by atoms with Crippen LogP contribution < -0.4 is 15.6 Å². The van der Waals surface area contributed by atoms with Gasteiger partial charge in [0.15, 0.2) is 6.10 Å². The Labute approximate surface area is 174 Å². The van der Waals surface area contributed by atoms with Crippen LogP contribution in [0.25, 0.3) is 0 Å². The molecule has 8 heteroatoms. The molecule has 8 nitrogen and oxygen atoms in total. The minimum absolute atomic E-state index is 0.0808. The van der Waals surface area contributed by atoms with Gasteiger partial charge in [0.1, 0.15) is 5.75 Å². The monoisotopic (exact) mass is 409 g/mol. The van der Waals surface area contributed by atoms with Crippen molar-refractivity contribution in [2.75, 3.05) is 6.54 Å². The molecule has 1 aliphatic rings. The Morgan fingerprint density at radius 2 is 1.60 bits per heavy atom. The van der Waals surface area contributed by atoms with E-state index in [2.05, 4.69) is 10.9 Å². The molecule has 0 unspecified atom stereocenters. The second kappa shape index (κ2) is 8.77. The van der Waals surface area contributed by atoms with E-state index < -0.39 is 29.7 Å². The molecule has 30 heavy (non-hydrogen) atoms. The number of nitrogens with zero attached hydrogens (tertiary/aromatic N) is 1. The summed E-state index contributed by atoms with van der Waals surface area (Å²) in [5.74, 6) is -1.32. The first-order chi connectivity index (χ1) is 14.3. The highest BCUT2D eigenvalue weighted by molar-refractivity contribution is 6.21. The third-order valence-electron chi connectivity index (χ3n) is 4.99. The predicted octanol–water partition coefficient (Wildman–Crippen LogP) is 1.90. The fraction of sp³-hybridized carbons (Fsp3) is 0.273. The molecule has 0 aliphatic carbocycles. The highest BCUT2D eigenvalue weighted by atomic mass is 16.5. The van der Waals surface area contributed by atoms with Crippen LogP contribution >= 0.6 is 0 Å². The van der Waals surface area contributed by atoms with Crippen molar-refractivity contribution in [3.05, 3.63) is 64.7 Å². The fourth-order valence-electron chi connectivity index (χ4n) is 3.05. The molecule has 0 radical (unpaired) electrons. The standard InChI is InChI=1S/C22H23N3O5/c1-13-7-6-10-18(14(13)2)30-15(3)20(27)24-23-19(26)11-12-25-21(28)16-8-4-5-9-17(16)22(25)29/h4-10,15H,11-12H2,1-3H3,(H,23,26)(H,24,27)/t15-/m0/s1. The van der Waals surface area contributed by atoms with Crippen LogP contribution in [0.4, 0.5) is 0 Å². The molecule has 2 N–H and O–H groups in total. The van der Waals surface area contributed by atoms with Crippen LogP contribution in [0.5, 0.6) is 5.75 Å². The molecule has 1 aliphatic heterocycles. The summed E-state index contributed by atoms with van der Waals surface area (Å²) < 4.78 is 5.66. The molecule has 0 aromatic heterocycles. The van der Waals surface area contributed by atoms with Gasteiger partial charge in [-0.25, -0.2) is 0 Å². The Hall–Kier alpha value is -3.68. The number of nitrogens with one attached hydrogen (secondary N) is 2. The number of rotatable bonds is 6. The molecule has 0 saturated heterocycles. The number of hydrazine groups is 1. The van der Waals surface area contributed by atoms with Crippen molar-refractivity contribution in [2.24, 2.45) is 0 Å². The Balaban J connectivity index is 1.47. The number of hydrogen-bond donors (Lipinski definition) is 2. The summed E-state index contributed by atoms with van der Waals surface area (Å²) in [5.41, 5.74) is 7.21. The van der Waals surface area contributed by atoms with Gasteiger partial charge in [-0.05, 0) is 50.1 Å². The molecular weight excluding hydrogens is 386 g/mol. The largest absolute Gasteiger partial charge is 0.481 e. The number of imide groups is 1. The molecular formula is C22H23N3O5. The lowest BCUT2D eigenvalue weighted by Gasteiger charge is -2.18. The van der Waals surface area contributed by atoms with Gasteiger partial charge < -0.3 is 4.74 Å². The van der Waals surface area contributed by atoms with E-state index in [-0.39, 0.29) is 13.0 Å². The van der Waals surface area contributed by atoms with Crippen LogP contribution in [-0.2, 0) is 9.59 Å². The Morgan fingerprint density at radius 3 is 2.23 bits per heavy atom. The van der Waals surface area contributed by atoms with Gasteiger partial charge in [0, 0.05) is 13.0 Å². The lowest BCUT2D eigenvalue weighted by molar-refractivity contribution is -0.132. The summed E-state index contributed by atoms with van der Waals surface area (Å²) in [7, 11) is 0. The van der Waals surface area contributed by atoms with Crippen molar-refractivity contribution in [3.63, 3.8) is 0 Å². The van der Waals surface area contributed by atoms with Gasteiger partial charge >= 0.3 is 0 Å². The van der Waals surface area contributed by atoms with Gasteiger partial charge in [-0.1, -0.05) is 24.3 Å². The van der Waals surface area contributed by atoms with Crippen LogP contribution in [0.2, 0.25) is 0 Å². The van der Waals surface area contributed by atoms with E-state index in [4.69, 9.17) is 4.74 Å². The van der Waals surface area contributed by atoms with Gasteiger partial charge in [0.05, 0.1) is 11.1 Å². The molecule has 2 aromatic rings. The third-order valence-corrected chi connectivity index (χ3v) is 4.99. The average molecular weight is 409 g/mol. The molecule has 0 bridgehead atoms. The Kier molecular flexibility index (Phi) is 6.15. The van der Waals surface area contributed by atoms with E-state index in [1.54, 1.807) is 37.3 Å². The molecule has 2 aromatic carbocycles. The van der Waals surface area contributed by atoms with E-state index in [0.717, 1.165) is 16.0 Å². The van der Waals surface area contributed by atoms with E-state index >= 15 is 0 Å². The van der Waals surface area contributed by atoms with Crippen molar-refractivity contribution in [2.45, 2.75) is 33.3 Å². The number of carbonyl (C=O) groups is 4. The number of benzene rings is 2. The van der Waals surface area contributed by atoms with Crippen LogP contribution in [0.15, 0.2) is 42.5 Å². The molecule has 3 rings (SSSR count). The van der Waals surface area contributed by atoms with Crippen molar-refractivity contribution >= 4 is 23.6 Å². The maximum Gasteiger partial charge on any atom is 0.279 e.